The highest BCUT2D eigenvalue weighted by Gasteiger charge is 2.37. The maximum absolute atomic E-state index is 13.4. The SMILES string of the molecule is CCc1ccccc1N1C(=O)NC(=O)/C(=C/c2cc(Br)ccc2OCc2ccc(C)cc2)C1=O. The first kappa shape index (κ1) is 23.4. The molecule has 4 amide bonds. The molecule has 1 aliphatic heterocycles. The number of nitrogens with one attached hydrogen (secondary N) is 1. The molecule has 0 unspecified atom stereocenters. The Bertz CT molecular complexity index is 1300. The lowest BCUT2D eigenvalue weighted by Gasteiger charge is -2.28. The second-order valence-corrected chi connectivity index (χ2v) is 8.81. The second-order valence-electron chi connectivity index (χ2n) is 7.90. The van der Waals surface area contributed by atoms with E-state index in [9.17, 15) is 14.4 Å². The van der Waals surface area contributed by atoms with Crippen molar-refractivity contribution in [2.24, 2.45) is 0 Å². The van der Waals surface area contributed by atoms with Crippen molar-refractivity contribution in [2.75, 3.05) is 4.90 Å². The molecular formula is C27H23BrN2O4. The zero-order valence-electron chi connectivity index (χ0n) is 18.8. The highest BCUT2D eigenvalue weighted by atomic mass is 79.9. The second kappa shape index (κ2) is 10.1. The Morgan fingerprint density at radius 1 is 1.00 bits per heavy atom. The highest BCUT2D eigenvalue weighted by Crippen LogP contribution is 2.30. The maximum atomic E-state index is 13.4. The van der Waals surface area contributed by atoms with Gasteiger partial charge in [0.1, 0.15) is 17.9 Å². The summed E-state index contributed by atoms with van der Waals surface area (Å²) in [6, 6.07) is 19.7. The Labute approximate surface area is 206 Å². The number of hydrogen-bond donors (Lipinski definition) is 1. The Morgan fingerprint density at radius 2 is 1.74 bits per heavy atom. The van der Waals surface area contributed by atoms with Crippen molar-refractivity contribution in [3.8, 4) is 5.75 Å². The summed E-state index contributed by atoms with van der Waals surface area (Å²) in [5.41, 5.74) is 3.82. The molecule has 1 fully saturated rings. The summed E-state index contributed by atoms with van der Waals surface area (Å²) in [5, 5.41) is 2.28. The minimum atomic E-state index is -0.766. The number of rotatable bonds is 6. The van der Waals surface area contributed by atoms with Crippen molar-refractivity contribution in [1.29, 1.82) is 0 Å². The number of benzene rings is 3. The van der Waals surface area contributed by atoms with E-state index in [1.54, 1.807) is 24.3 Å². The van der Waals surface area contributed by atoms with E-state index in [1.165, 1.54) is 6.08 Å². The lowest BCUT2D eigenvalue weighted by atomic mass is 10.0. The summed E-state index contributed by atoms with van der Waals surface area (Å²) >= 11 is 3.44. The normalized spacial score (nSPS) is 15.0. The molecule has 0 bridgehead atoms. The highest BCUT2D eigenvalue weighted by molar-refractivity contribution is 9.10. The zero-order valence-corrected chi connectivity index (χ0v) is 20.4. The van der Waals surface area contributed by atoms with Gasteiger partial charge in [-0.2, -0.15) is 0 Å². The standard InChI is InChI=1S/C27H23BrN2O4/c1-3-19-6-4-5-7-23(19)30-26(32)22(25(31)29-27(30)33)15-20-14-21(28)12-13-24(20)34-16-18-10-8-17(2)9-11-18/h4-15H,3,16H2,1-2H3,(H,29,31,33)/b22-15-. The molecule has 1 aliphatic rings. The van der Waals surface area contributed by atoms with Crippen LogP contribution in [0, 0.1) is 6.92 Å². The van der Waals surface area contributed by atoms with Crippen molar-refractivity contribution >= 4 is 45.5 Å². The average Bonchev–Trinajstić information content (AvgIpc) is 2.82. The summed E-state index contributed by atoms with van der Waals surface area (Å²) in [6.07, 6.45) is 2.09. The lowest BCUT2D eigenvalue weighted by molar-refractivity contribution is -0.122. The molecule has 0 saturated carbocycles. The van der Waals surface area contributed by atoms with Crippen molar-refractivity contribution in [3.63, 3.8) is 0 Å². The molecule has 0 radical (unpaired) electrons. The van der Waals surface area contributed by atoms with Gasteiger partial charge in [0.25, 0.3) is 11.8 Å². The summed E-state index contributed by atoms with van der Waals surface area (Å²) < 4.78 is 6.77. The summed E-state index contributed by atoms with van der Waals surface area (Å²) in [4.78, 5) is 39.6. The smallest absolute Gasteiger partial charge is 0.335 e. The number of carbonyl (C=O) groups is 3. The van der Waals surface area contributed by atoms with Crippen LogP contribution in [0.4, 0.5) is 10.5 Å². The van der Waals surface area contributed by atoms with E-state index in [4.69, 9.17) is 4.74 Å². The van der Waals surface area contributed by atoms with Crippen molar-refractivity contribution < 1.29 is 19.1 Å². The molecule has 1 N–H and O–H groups in total. The number of amides is 4. The van der Waals surface area contributed by atoms with Crippen molar-refractivity contribution in [3.05, 3.63) is 99.0 Å². The average molecular weight is 519 g/mol. The molecule has 4 rings (SSSR count). The largest absolute Gasteiger partial charge is 0.488 e. The summed E-state index contributed by atoms with van der Waals surface area (Å²) in [7, 11) is 0. The topological polar surface area (TPSA) is 75.7 Å². The molecule has 0 aromatic heterocycles. The number of ether oxygens (including phenoxy) is 1. The van der Waals surface area contributed by atoms with E-state index in [2.05, 4.69) is 21.2 Å². The number of para-hydroxylation sites is 1. The van der Waals surface area contributed by atoms with Crippen LogP contribution in [0.5, 0.6) is 5.75 Å². The van der Waals surface area contributed by atoms with Crippen LogP contribution in [0.1, 0.15) is 29.2 Å². The fourth-order valence-electron chi connectivity index (χ4n) is 3.67. The molecule has 3 aromatic rings. The van der Waals surface area contributed by atoms with Gasteiger partial charge >= 0.3 is 6.03 Å². The molecule has 34 heavy (non-hydrogen) atoms. The van der Waals surface area contributed by atoms with E-state index < -0.39 is 17.8 Å². The van der Waals surface area contributed by atoms with Gasteiger partial charge in [-0.25, -0.2) is 9.69 Å². The molecule has 0 atom stereocenters. The first-order valence-corrected chi connectivity index (χ1v) is 11.6. The van der Waals surface area contributed by atoms with Gasteiger partial charge in [-0.15, -0.1) is 0 Å². The number of barbiturate groups is 1. The van der Waals surface area contributed by atoms with Crippen LogP contribution in [0.25, 0.3) is 6.08 Å². The Hall–Kier alpha value is -3.71. The number of urea groups is 1. The molecule has 1 heterocycles. The third-order valence-electron chi connectivity index (χ3n) is 5.50. The fraction of sp³-hybridized carbons (Fsp3) is 0.148. The van der Waals surface area contributed by atoms with Crippen LogP contribution >= 0.6 is 15.9 Å². The maximum Gasteiger partial charge on any atom is 0.335 e. The molecule has 0 aliphatic carbocycles. The van der Waals surface area contributed by atoms with E-state index in [0.717, 1.165) is 26.1 Å². The van der Waals surface area contributed by atoms with Crippen LogP contribution in [0.15, 0.2) is 76.8 Å². The van der Waals surface area contributed by atoms with Crippen LogP contribution in [0.2, 0.25) is 0 Å². The Balaban J connectivity index is 1.68. The molecular weight excluding hydrogens is 496 g/mol. The molecule has 7 heteroatoms. The molecule has 0 spiro atoms. The lowest BCUT2D eigenvalue weighted by Crippen LogP contribution is -2.54. The van der Waals surface area contributed by atoms with Gasteiger partial charge in [0, 0.05) is 10.0 Å². The first-order valence-electron chi connectivity index (χ1n) is 10.8. The van der Waals surface area contributed by atoms with Gasteiger partial charge in [0.2, 0.25) is 0 Å². The van der Waals surface area contributed by atoms with Crippen LogP contribution in [0.3, 0.4) is 0 Å². The molecule has 3 aromatic carbocycles. The summed E-state index contributed by atoms with van der Waals surface area (Å²) in [6.45, 7) is 4.28. The number of anilines is 1. The number of hydrogen-bond acceptors (Lipinski definition) is 4. The fourth-order valence-corrected chi connectivity index (χ4v) is 4.05. The van der Waals surface area contributed by atoms with Gasteiger partial charge in [-0.3, -0.25) is 14.9 Å². The first-order chi connectivity index (χ1) is 16.4. The van der Waals surface area contributed by atoms with Gasteiger partial charge in [0.15, 0.2) is 0 Å². The zero-order chi connectivity index (χ0) is 24.2. The molecule has 6 nitrogen and oxygen atoms in total. The van der Waals surface area contributed by atoms with Gasteiger partial charge < -0.3 is 4.74 Å². The van der Waals surface area contributed by atoms with Crippen LogP contribution in [-0.2, 0) is 22.6 Å². The van der Waals surface area contributed by atoms with Crippen molar-refractivity contribution in [1.82, 2.24) is 5.32 Å². The van der Waals surface area contributed by atoms with Gasteiger partial charge in [-0.05, 0) is 54.8 Å². The van der Waals surface area contributed by atoms with Gasteiger partial charge in [0.05, 0.1) is 5.69 Å². The van der Waals surface area contributed by atoms with Crippen LogP contribution < -0.4 is 15.0 Å². The monoisotopic (exact) mass is 518 g/mol. The van der Waals surface area contributed by atoms with E-state index >= 15 is 0 Å². The third-order valence-corrected chi connectivity index (χ3v) is 5.99. The van der Waals surface area contributed by atoms with E-state index in [-0.39, 0.29) is 5.57 Å². The third kappa shape index (κ3) is 4.94. The molecule has 1 saturated heterocycles. The van der Waals surface area contributed by atoms with Crippen molar-refractivity contribution in [2.45, 2.75) is 26.9 Å². The van der Waals surface area contributed by atoms with E-state index in [1.807, 2.05) is 56.3 Å². The number of imide groups is 2. The van der Waals surface area contributed by atoms with Gasteiger partial charge in [-0.1, -0.05) is 70.9 Å². The number of aryl methyl sites for hydroxylation is 2. The number of halogens is 1. The Kier molecular flexibility index (Phi) is 6.93. The number of nitrogens with zero attached hydrogens (tertiary/aromatic N) is 1. The summed E-state index contributed by atoms with van der Waals surface area (Å²) in [5.74, 6) is -0.918. The Morgan fingerprint density at radius 3 is 2.47 bits per heavy atom. The predicted molar refractivity (Wildman–Crippen MR) is 134 cm³/mol. The quantitative estimate of drug-likeness (QED) is 0.342. The minimum Gasteiger partial charge on any atom is -0.488 e. The minimum absolute atomic E-state index is 0.149. The molecule has 172 valence electrons. The number of carbonyl (C=O) groups excluding carboxylic acids is 3. The predicted octanol–water partition coefficient (Wildman–Crippen LogP) is 5.57. The van der Waals surface area contributed by atoms with E-state index in [0.29, 0.717) is 30.0 Å². The van der Waals surface area contributed by atoms with Crippen LogP contribution in [-0.4, -0.2) is 17.8 Å².